The molecule has 0 unspecified atom stereocenters. The van der Waals surface area contributed by atoms with Crippen molar-refractivity contribution in [3.63, 3.8) is 0 Å². The van der Waals surface area contributed by atoms with E-state index in [0.717, 1.165) is 25.3 Å². The summed E-state index contributed by atoms with van der Waals surface area (Å²) >= 11 is 0. The van der Waals surface area contributed by atoms with Crippen molar-refractivity contribution in [3.05, 3.63) is 17.5 Å². The van der Waals surface area contributed by atoms with Crippen LogP contribution >= 0.6 is 0 Å². The Bertz CT molecular complexity index is 394. The van der Waals surface area contributed by atoms with E-state index in [2.05, 4.69) is 10.00 Å². The summed E-state index contributed by atoms with van der Waals surface area (Å²) in [6.07, 6.45) is 2.32. The van der Waals surface area contributed by atoms with Gasteiger partial charge in [-0.1, -0.05) is 0 Å². The first-order valence-corrected chi connectivity index (χ1v) is 5.48. The molecular formula is C11H17N3O2. The molecule has 1 aliphatic rings. The van der Waals surface area contributed by atoms with Crippen LogP contribution in [0.2, 0.25) is 0 Å². The van der Waals surface area contributed by atoms with Crippen molar-refractivity contribution in [1.82, 2.24) is 14.7 Å². The number of aryl methyl sites for hydroxylation is 2. The fraction of sp³-hybridized carbons (Fsp3) is 0.636. The fourth-order valence-electron chi connectivity index (χ4n) is 2.23. The van der Waals surface area contributed by atoms with Crippen LogP contribution in [0.25, 0.3) is 0 Å². The number of hydrogen-bond donors (Lipinski definition) is 1. The molecule has 2 heterocycles. The quantitative estimate of drug-likeness (QED) is 0.813. The smallest absolute Gasteiger partial charge is 0.303 e. The Balaban J connectivity index is 1.81. The highest BCUT2D eigenvalue weighted by atomic mass is 16.4. The van der Waals surface area contributed by atoms with Crippen LogP contribution < -0.4 is 0 Å². The number of carbonyl (C=O) groups is 1. The van der Waals surface area contributed by atoms with Crippen molar-refractivity contribution in [2.24, 2.45) is 13.0 Å². The molecule has 0 aromatic carbocycles. The summed E-state index contributed by atoms with van der Waals surface area (Å²) in [5.74, 6) is -0.364. The first-order valence-electron chi connectivity index (χ1n) is 5.48. The molecule has 1 aromatic heterocycles. The summed E-state index contributed by atoms with van der Waals surface area (Å²) in [6, 6.07) is 0. The monoisotopic (exact) mass is 223 g/mol. The minimum atomic E-state index is -0.692. The summed E-state index contributed by atoms with van der Waals surface area (Å²) in [5, 5.41) is 12.9. The summed E-state index contributed by atoms with van der Waals surface area (Å²) in [7, 11) is 1.92. The van der Waals surface area contributed by atoms with Crippen LogP contribution in [0, 0.1) is 12.8 Å². The molecule has 1 aliphatic heterocycles. The molecule has 88 valence electrons. The van der Waals surface area contributed by atoms with E-state index in [-0.39, 0.29) is 0 Å². The molecule has 0 spiro atoms. The number of rotatable bonds is 4. The van der Waals surface area contributed by atoms with Gasteiger partial charge in [0.25, 0.3) is 0 Å². The lowest BCUT2D eigenvalue weighted by Gasteiger charge is -2.38. The minimum Gasteiger partial charge on any atom is -0.481 e. The zero-order valence-corrected chi connectivity index (χ0v) is 9.68. The van der Waals surface area contributed by atoms with Crippen LogP contribution in [0.1, 0.15) is 17.7 Å². The molecule has 5 heteroatoms. The van der Waals surface area contributed by atoms with E-state index < -0.39 is 5.97 Å². The molecule has 1 fully saturated rings. The lowest BCUT2D eigenvalue weighted by atomic mass is 9.96. The second-order valence-electron chi connectivity index (χ2n) is 4.57. The lowest BCUT2D eigenvalue weighted by molar-refractivity contribution is -0.139. The first kappa shape index (κ1) is 11.1. The van der Waals surface area contributed by atoms with Crippen LogP contribution in [-0.4, -0.2) is 38.8 Å². The maximum atomic E-state index is 10.5. The van der Waals surface area contributed by atoms with Crippen LogP contribution in [0.5, 0.6) is 0 Å². The van der Waals surface area contributed by atoms with Crippen molar-refractivity contribution < 1.29 is 9.90 Å². The van der Waals surface area contributed by atoms with Gasteiger partial charge in [-0.3, -0.25) is 14.4 Å². The second-order valence-corrected chi connectivity index (χ2v) is 4.57. The fourth-order valence-corrected chi connectivity index (χ4v) is 2.23. The zero-order valence-electron chi connectivity index (χ0n) is 9.68. The summed E-state index contributed by atoms with van der Waals surface area (Å²) in [5.41, 5.74) is 2.29. The van der Waals surface area contributed by atoms with Gasteiger partial charge in [-0.2, -0.15) is 5.10 Å². The highest BCUT2D eigenvalue weighted by molar-refractivity contribution is 5.67. The van der Waals surface area contributed by atoms with Gasteiger partial charge in [0.05, 0.1) is 12.1 Å². The summed E-state index contributed by atoms with van der Waals surface area (Å²) in [6.45, 7) is 4.67. The molecule has 0 radical (unpaired) electrons. The van der Waals surface area contributed by atoms with Gasteiger partial charge in [0.1, 0.15) is 0 Å². The second kappa shape index (κ2) is 4.25. The largest absolute Gasteiger partial charge is 0.481 e. The Morgan fingerprint density at radius 1 is 1.62 bits per heavy atom. The van der Waals surface area contributed by atoms with Crippen LogP contribution in [0.3, 0.4) is 0 Å². The predicted octanol–water partition coefficient (Wildman–Crippen LogP) is 0.635. The number of aromatic nitrogens is 2. The number of nitrogens with zero attached hydrogens (tertiary/aromatic N) is 3. The van der Waals surface area contributed by atoms with Crippen LogP contribution in [0.15, 0.2) is 6.20 Å². The third-order valence-corrected chi connectivity index (χ3v) is 3.01. The van der Waals surface area contributed by atoms with Gasteiger partial charge in [-0.25, -0.2) is 0 Å². The van der Waals surface area contributed by atoms with Crippen molar-refractivity contribution in [1.29, 1.82) is 0 Å². The highest BCUT2D eigenvalue weighted by Gasteiger charge is 2.28. The maximum Gasteiger partial charge on any atom is 0.303 e. The molecule has 0 atom stereocenters. The van der Waals surface area contributed by atoms with Gasteiger partial charge in [0.2, 0.25) is 0 Å². The van der Waals surface area contributed by atoms with Crippen molar-refractivity contribution in [2.75, 3.05) is 13.1 Å². The van der Waals surface area contributed by atoms with Gasteiger partial charge in [-0.05, 0) is 12.8 Å². The van der Waals surface area contributed by atoms with E-state index in [0.29, 0.717) is 12.3 Å². The molecule has 0 amide bonds. The standard InChI is InChI=1S/C11H17N3O2/c1-8-10(6-13(2)12-8)7-14-4-9(5-14)3-11(15)16/h6,9H,3-5,7H2,1-2H3,(H,15,16). The van der Waals surface area contributed by atoms with Gasteiger partial charge in [0.15, 0.2) is 0 Å². The third-order valence-electron chi connectivity index (χ3n) is 3.01. The molecule has 1 aromatic rings. The molecule has 2 rings (SSSR count). The van der Waals surface area contributed by atoms with Crippen LogP contribution in [0.4, 0.5) is 0 Å². The number of hydrogen-bond acceptors (Lipinski definition) is 3. The molecule has 5 nitrogen and oxygen atoms in total. The Morgan fingerprint density at radius 2 is 2.31 bits per heavy atom. The molecule has 0 aliphatic carbocycles. The minimum absolute atomic E-state index is 0.294. The van der Waals surface area contributed by atoms with E-state index >= 15 is 0 Å². The summed E-state index contributed by atoms with van der Waals surface area (Å²) in [4.78, 5) is 12.8. The number of carboxylic acids is 1. The van der Waals surface area contributed by atoms with Gasteiger partial charge in [-0.15, -0.1) is 0 Å². The van der Waals surface area contributed by atoms with Gasteiger partial charge in [0, 0.05) is 38.4 Å². The molecule has 1 N–H and O–H groups in total. The van der Waals surface area contributed by atoms with E-state index in [9.17, 15) is 4.79 Å². The van der Waals surface area contributed by atoms with Crippen molar-refractivity contribution in [2.45, 2.75) is 19.9 Å². The Hall–Kier alpha value is -1.36. The third kappa shape index (κ3) is 2.41. The van der Waals surface area contributed by atoms with E-state index in [1.807, 2.05) is 24.9 Å². The SMILES string of the molecule is Cc1nn(C)cc1CN1CC(CC(=O)O)C1. The maximum absolute atomic E-state index is 10.5. The van der Waals surface area contributed by atoms with Crippen molar-refractivity contribution in [3.8, 4) is 0 Å². The average molecular weight is 223 g/mol. The Labute approximate surface area is 94.7 Å². The highest BCUT2D eigenvalue weighted by Crippen LogP contribution is 2.22. The van der Waals surface area contributed by atoms with E-state index in [1.54, 1.807) is 0 Å². The molecular weight excluding hydrogens is 206 g/mol. The number of aliphatic carboxylic acids is 1. The van der Waals surface area contributed by atoms with E-state index in [4.69, 9.17) is 5.11 Å². The lowest BCUT2D eigenvalue weighted by Crippen LogP contribution is -2.46. The predicted molar refractivity (Wildman–Crippen MR) is 59.0 cm³/mol. The molecule has 1 saturated heterocycles. The average Bonchev–Trinajstić information content (AvgIpc) is 2.40. The van der Waals surface area contributed by atoms with Gasteiger partial charge < -0.3 is 5.11 Å². The van der Waals surface area contributed by atoms with E-state index in [1.165, 1.54) is 5.56 Å². The Kier molecular flexibility index (Phi) is 2.96. The van der Waals surface area contributed by atoms with Gasteiger partial charge >= 0.3 is 5.97 Å². The molecule has 0 bridgehead atoms. The summed E-state index contributed by atoms with van der Waals surface area (Å²) < 4.78 is 1.82. The van der Waals surface area contributed by atoms with Crippen LogP contribution in [-0.2, 0) is 18.4 Å². The normalized spacial score (nSPS) is 17.4. The molecule has 16 heavy (non-hydrogen) atoms. The number of likely N-dealkylation sites (tertiary alicyclic amines) is 1. The molecule has 0 saturated carbocycles. The first-order chi connectivity index (χ1) is 7.54. The zero-order chi connectivity index (χ0) is 11.7. The Morgan fingerprint density at radius 3 is 2.81 bits per heavy atom. The van der Waals surface area contributed by atoms with Crippen molar-refractivity contribution >= 4 is 5.97 Å². The number of carboxylic acid groups (broad SMARTS) is 1. The topological polar surface area (TPSA) is 58.4 Å².